The molecule has 1 aliphatic rings. The molecule has 0 saturated heterocycles. The van der Waals surface area contributed by atoms with Crippen molar-refractivity contribution in [1.82, 2.24) is 24.6 Å². The molecule has 102 valence electrons. The number of halogens is 1. The Morgan fingerprint density at radius 3 is 2.89 bits per heavy atom. The first-order chi connectivity index (χ1) is 9.13. The lowest BCUT2D eigenvalue weighted by Crippen LogP contribution is -2.15. The predicted octanol–water partition coefficient (Wildman–Crippen LogP) is 1.88. The molecule has 0 bridgehead atoms. The van der Waals surface area contributed by atoms with Crippen molar-refractivity contribution in [2.24, 2.45) is 7.05 Å². The van der Waals surface area contributed by atoms with Gasteiger partial charge in [0.2, 0.25) is 0 Å². The molecule has 1 fully saturated rings. The van der Waals surface area contributed by atoms with Gasteiger partial charge < -0.3 is 9.88 Å². The highest BCUT2D eigenvalue weighted by Gasteiger charge is 2.20. The van der Waals surface area contributed by atoms with Gasteiger partial charge in [-0.15, -0.1) is 0 Å². The van der Waals surface area contributed by atoms with Gasteiger partial charge in [-0.3, -0.25) is 4.68 Å². The van der Waals surface area contributed by atoms with Crippen molar-refractivity contribution < 1.29 is 0 Å². The van der Waals surface area contributed by atoms with Gasteiger partial charge in [0.25, 0.3) is 0 Å². The first-order valence-electron chi connectivity index (χ1n) is 6.55. The van der Waals surface area contributed by atoms with Crippen molar-refractivity contribution >= 4 is 11.6 Å². The normalized spacial score (nSPS) is 15.1. The van der Waals surface area contributed by atoms with E-state index in [4.69, 9.17) is 11.6 Å². The molecule has 0 amide bonds. The van der Waals surface area contributed by atoms with Crippen LogP contribution in [-0.2, 0) is 20.1 Å². The van der Waals surface area contributed by atoms with Crippen LogP contribution < -0.4 is 5.32 Å². The summed E-state index contributed by atoms with van der Waals surface area (Å²) in [6.07, 6.45) is 6.52. The molecule has 0 atom stereocenters. The van der Waals surface area contributed by atoms with Crippen molar-refractivity contribution in [3.8, 4) is 0 Å². The Morgan fingerprint density at radius 1 is 1.47 bits per heavy atom. The summed E-state index contributed by atoms with van der Waals surface area (Å²) in [5.74, 6) is 0. The highest BCUT2D eigenvalue weighted by molar-refractivity contribution is 6.30. The predicted molar refractivity (Wildman–Crippen MR) is 74.1 cm³/mol. The monoisotopic (exact) mass is 279 g/mol. The van der Waals surface area contributed by atoms with Crippen LogP contribution >= 0.6 is 11.6 Å². The molecule has 0 spiro atoms. The molecule has 1 aliphatic carbocycles. The number of hydrogen-bond donors (Lipinski definition) is 1. The third-order valence-corrected chi connectivity index (χ3v) is 3.92. The molecule has 0 unspecified atom stereocenters. The van der Waals surface area contributed by atoms with E-state index in [-0.39, 0.29) is 0 Å². The Morgan fingerprint density at radius 2 is 2.26 bits per heavy atom. The number of imidazole rings is 1. The van der Waals surface area contributed by atoms with Crippen LogP contribution in [0.25, 0.3) is 0 Å². The molecule has 0 radical (unpaired) electrons. The van der Waals surface area contributed by atoms with E-state index in [2.05, 4.69) is 26.2 Å². The van der Waals surface area contributed by atoms with Crippen LogP contribution in [0.4, 0.5) is 0 Å². The summed E-state index contributed by atoms with van der Waals surface area (Å²) in [5, 5.41) is 8.48. The van der Waals surface area contributed by atoms with Crippen molar-refractivity contribution in [2.45, 2.75) is 38.9 Å². The minimum Gasteiger partial charge on any atom is -0.333 e. The van der Waals surface area contributed by atoms with E-state index in [0.29, 0.717) is 11.2 Å². The Kier molecular flexibility index (Phi) is 3.33. The number of nitrogens with one attached hydrogen (secondary N) is 1. The van der Waals surface area contributed by atoms with Crippen LogP contribution in [0.3, 0.4) is 0 Å². The van der Waals surface area contributed by atoms with Gasteiger partial charge in [-0.1, -0.05) is 11.6 Å². The molecular formula is C13H18ClN5. The lowest BCUT2D eigenvalue weighted by Gasteiger charge is -2.02. The molecule has 2 aromatic rings. The van der Waals surface area contributed by atoms with Gasteiger partial charge in [0.05, 0.1) is 24.3 Å². The molecule has 5 nitrogen and oxygen atoms in total. The van der Waals surface area contributed by atoms with Crippen molar-refractivity contribution in [3.63, 3.8) is 0 Å². The van der Waals surface area contributed by atoms with E-state index in [1.165, 1.54) is 12.8 Å². The van der Waals surface area contributed by atoms with E-state index in [1.54, 1.807) is 4.68 Å². The van der Waals surface area contributed by atoms with E-state index in [1.807, 2.05) is 20.3 Å². The molecule has 0 aromatic carbocycles. The Hall–Kier alpha value is -1.33. The quantitative estimate of drug-likeness (QED) is 0.909. The minimum atomic E-state index is 0.698. The van der Waals surface area contributed by atoms with Gasteiger partial charge in [-0.2, -0.15) is 5.10 Å². The summed E-state index contributed by atoms with van der Waals surface area (Å²) in [4.78, 5) is 4.41. The maximum Gasteiger partial charge on any atom is 0.131 e. The maximum absolute atomic E-state index is 6.24. The zero-order chi connectivity index (χ0) is 13.4. The van der Waals surface area contributed by atoms with E-state index >= 15 is 0 Å². The zero-order valence-electron chi connectivity index (χ0n) is 11.2. The standard InChI is InChI=1S/C13H18ClN5/c1-9-12(13(14)18(2)17-9)7-19-6-11(16-8-19)5-15-10-3-4-10/h6,8,10,15H,3-5,7H2,1-2H3. The maximum atomic E-state index is 6.24. The van der Waals surface area contributed by atoms with Crippen LogP contribution in [-0.4, -0.2) is 25.4 Å². The summed E-state index contributed by atoms with van der Waals surface area (Å²) < 4.78 is 3.76. The first-order valence-corrected chi connectivity index (χ1v) is 6.93. The summed E-state index contributed by atoms with van der Waals surface area (Å²) >= 11 is 6.24. The number of nitrogens with zero attached hydrogens (tertiary/aromatic N) is 4. The molecule has 1 saturated carbocycles. The fraction of sp³-hybridized carbons (Fsp3) is 0.538. The number of hydrogen-bond acceptors (Lipinski definition) is 3. The average Bonchev–Trinajstić information content (AvgIpc) is 3.06. The Bertz CT molecular complexity index is 582. The molecule has 1 N–H and O–H groups in total. The van der Waals surface area contributed by atoms with Gasteiger partial charge in [0.15, 0.2) is 0 Å². The van der Waals surface area contributed by atoms with Crippen molar-refractivity contribution in [2.75, 3.05) is 0 Å². The van der Waals surface area contributed by atoms with Gasteiger partial charge in [0.1, 0.15) is 5.15 Å². The number of aryl methyl sites for hydroxylation is 2. The fourth-order valence-electron chi connectivity index (χ4n) is 2.16. The second kappa shape index (κ2) is 4.98. The Labute approximate surface area is 117 Å². The smallest absolute Gasteiger partial charge is 0.131 e. The van der Waals surface area contributed by atoms with E-state index in [9.17, 15) is 0 Å². The van der Waals surface area contributed by atoms with Crippen LogP contribution in [0.15, 0.2) is 12.5 Å². The number of rotatable bonds is 5. The van der Waals surface area contributed by atoms with Gasteiger partial charge in [-0.05, 0) is 19.8 Å². The third-order valence-electron chi connectivity index (χ3n) is 3.45. The molecule has 0 aliphatic heterocycles. The highest BCUT2D eigenvalue weighted by Crippen LogP contribution is 2.20. The third kappa shape index (κ3) is 2.82. The Balaban J connectivity index is 1.68. The second-order valence-corrected chi connectivity index (χ2v) is 5.53. The lowest BCUT2D eigenvalue weighted by atomic mass is 10.2. The minimum absolute atomic E-state index is 0.698. The summed E-state index contributed by atoms with van der Waals surface area (Å²) in [7, 11) is 1.86. The topological polar surface area (TPSA) is 47.7 Å². The van der Waals surface area contributed by atoms with Crippen LogP contribution in [0.1, 0.15) is 29.8 Å². The molecule has 2 aromatic heterocycles. The molecule has 6 heteroatoms. The van der Waals surface area contributed by atoms with Gasteiger partial charge in [-0.25, -0.2) is 4.98 Å². The molecule has 3 rings (SSSR count). The van der Waals surface area contributed by atoms with Gasteiger partial charge in [0, 0.05) is 31.4 Å². The largest absolute Gasteiger partial charge is 0.333 e. The summed E-state index contributed by atoms with van der Waals surface area (Å²) in [5.41, 5.74) is 3.10. The van der Waals surface area contributed by atoms with E-state index < -0.39 is 0 Å². The summed E-state index contributed by atoms with van der Waals surface area (Å²) in [6, 6.07) is 0.708. The fourth-order valence-corrected chi connectivity index (χ4v) is 2.39. The van der Waals surface area contributed by atoms with Crippen LogP contribution in [0.2, 0.25) is 5.15 Å². The first kappa shape index (κ1) is 12.7. The molecule has 2 heterocycles. The highest BCUT2D eigenvalue weighted by atomic mass is 35.5. The van der Waals surface area contributed by atoms with E-state index in [0.717, 1.165) is 30.0 Å². The van der Waals surface area contributed by atoms with Crippen molar-refractivity contribution in [1.29, 1.82) is 0 Å². The van der Waals surface area contributed by atoms with Crippen LogP contribution in [0, 0.1) is 6.92 Å². The molecular weight excluding hydrogens is 262 g/mol. The summed E-state index contributed by atoms with van der Waals surface area (Å²) in [6.45, 7) is 3.54. The average molecular weight is 280 g/mol. The zero-order valence-corrected chi connectivity index (χ0v) is 12.0. The second-order valence-electron chi connectivity index (χ2n) is 5.17. The SMILES string of the molecule is Cc1nn(C)c(Cl)c1Cn1cnc(CNC2CC2)c1. The van der Waals surface area contributed by atoms with Gasteiger partial charge >= 0.3 is 0 Å². The van der Waals surface area contributed by atoms with Crippen LogP contribution in [0.5, 0.6) is 0 Å². The lowest BCUT2D eigenvalue weighted by molar-refractivity contribution is 0.676. The molecule has 19 heavy (non-hydrogen) atoms. The number of aromatic nitrogens is 4. The van der Waals surface area contributed by atoms with Crippen molar-refractivity contribution in [3.05, 3.63) is 34.6 Å².